The highest BCUT2D eigenvalue weighted by molar-refractivity contribution is 5.94. The molecule has 0 radical (unpaired) electrons. The van der Waals surface area contributed by atoms with Crippen LogP contribution >= 0.6 is 0 Å². The summed E-state index contributed by atoms with van der Waals surface area (Å²) in [5.74, 6) is -0.0610. The predicted octanol–water partition coefficient (Wildman–Crippen LogP) is 1.33. The summed E-state index contributed by atoms with van der Waals surface area (Å²) in [6, 6.07) is 5.78. The van der Waals surface area contributed by atoms with Gasteiger partial charge in [0.05, 0.1) is 17.6 Å². The third-order valence-corrected chi connectivity index (χ3v) is 3.71. The molecule has 106 valence electrons. The minimum Gasteiger partial charge on any atom is -0.325 e. The maximum Gasteiger partial charge on any atom is 0.323 e. The standard InChI is InChI=1S/C14H18N4O2/c19-13(8-15-9-3-1-2-4-9)16-10-5-6-11-12(7-10)18-14(20)17-11/h5-7,9,15H,1-4,8H2,(H,16,19)(H2,17,18,20). The maximum absolute atomic E-state index is 11.9. The van der Waals surface area contributed by atoms with E-state index in [1.54, 1.807) is 18.2 Å². The van der Waals surface area contributed by atoms with E-state index in [-0.39, 0.29) is 11.6 Å². The quantitative estimate of drug-likeness (QED) is 0.678. The Morgan fingerprint density at radius 1 is 1.20 bits per heavy atom. The van der Waals surface area contributed by atoms with Crippen LogP contribution in [0.25, 0.3) is 11.0 Å². The Hall–Kier alpha value is -2.08. The molecule has 1 aromatic heterocycles. The molecule has 6 heteroatoms. The highest BCUT2D eigenvalue weighted by Gasteiger charge is 2.15. The number of hydrogen-bond acceptors (Lipinski definition) is 3. The zero-order valence-corrected chi connectivity index (χ0v) is 11.2. The number of amides is 1. The minimum atomic E-state index is -0.244. The number of carbonyl (C=O) groups is 1. The van der Waals surface area contributed by atoms with Crippen molar-refractivity contribution >= 4 is 22.6 Å². The van der Waals surface area contributed by atoms with Crippen LogP contribution in [0.5, 0.6) is 0 Å². The molecular weight excluding hydrogens is 256 g/mol. The third kappa shape index (κ3) is 2.91. The lowest BCUT2D eigenvalue weighted by Crippen LogP contribution is -2.34. The summed E-state index contributed by atoms with van der Waals surface area (Å²) >= 11 is 0. The Labute approximate surface area is 116 Å². The third-order valence-electron chi connectivity index (χ3n) is 3.71. The molecule has 1 aliphatic rings. The Bertz CT molecular complexity index is 667. The monoisotopic (exact) mass is 274 g/mol. The molecular formula is C14H18N4O2. The van der Waals surface area contributed by atoms with Crippen molar-refractivity contribution in [3.05, 3.63) is 28.7 Å². The molecule has 0 saturated heterocycles. The van der Waals surface area contributed by atoms with Crippen molar-refractivity contribution in [2.45, 2.75) is 31.7 Å². The van der Waals surface area contributed by atoms with Crippen molar-refractivity contribution in [2.24, 2.45) is 0 Å². The lowest BCUT2D eigenvalue weighted by atomic mass is 10.2. The van der Waals surface area contributed by atoms with Crippen molar-refractivity contribution in [1.82, 2.24) is 15.3 Å². The van der Waals surface area contributed by atoms with Gasteiger partial charge in [-0.25, -0.2) is 4.79 Å². The number of hydrogen-bond donors (Lipinski definition) is 4. The highest BCUT2D eigenvalue weighted by Crippen LogP contribution is 2.17. The molecule has 1 aliphatic carbocycles. The fraction of sp³-hybridized carbons (Fsp3) is 0.429. The van der Waals surface area contributed by atoms with Crippen LogP contribution in [-0.2, 0) is 4.79 Å². The number of rotatable bonds is 4. The Balaban J connectivity index is 1.60. The summed E-state index contributed by atoms with van der Waals surface area (Å²) in [5, 5.41) is 6.10. The molecule has 1 fully saturated rings. The topological polar surface area (TPSA) is 89.8 Å². The first-order valence-electron chi connectivity index (χ1n) is 6.96. The number of carbonyl (C=O) groups excluding carboxylic acids is 1. The van der Waals surface area contributed by atoms with Crippen LogP contribution in [0.15, 0.2) is 23.0 Å². The van der Waals surface area contributed by atoms with Crippen molar-refractivity contribution in [3.8, 4) is 0 Å². The fourth-order valence-electron chi connectivity index (χ4n) is 2.68. The largest absolute Gasteiger partial charge is 0.325 e. The maximum atomic E-state index is 11.9. The van der Waals surface area contributed by atoms with Crippen molar-refractivity contribution in [2.75, 3.05) is 11.9 Å². The summed E-state index contributed by atoms with van der Waals surface area (Å²) in [6.45, 7) is 0.326. The molecule has 1 saturated carbocycles. The van der Waals surface area contributed by atoms with E-state index in [4.69, 9.17) is 0 Å². The van der Waals surface area contributed by atoms with Gasteiger partial charge in [-0.3, -0.25) is 4.79 Å². The van der Waals surface area contributed by atoms with Crippen molar-refractivity contribution < 1.29 is 4.79 Å². The number of aromatic amines is 2. The van der Waals surface area contributed by atoms with Gasteiger partial charge in [-0.15, -0.1) is 0 Å². The summed E-state index contributed by atoms with van der Waals surface area (Å²) in [7, 11) is 0. The second-order valence-electron chi connectivity index (χ2n) is 5.25. The molecule has 1 heterocycles. The number of fused-ring (bicyclic) bond motifs is 1. The van der Waals surface area contributed by atoms with Crippen LogP contribution in [0, 0.1) is 0 Å². The van der Waals surface area contributed by atoms with Crippen LogP contribution in [0.1, 0.15) is 25.7 Å². The van der Waals surface area contributed by atoms with Crippen LogP contribution in [0.3, 0.4) is 0 Å². The van der Waals surface area contributed by atoms with E-state index in [1.165, 1.54) is 12.8 Å². The lowest BCUT2D eigenvalue weighted by molar-refractivity contribution is -0.115. The van der Waals surface area contributed by atoms with Gasteiger partial charge < -0.3 is 20.6 Å². The number of benzene rings is 1. The van der Waals surface area contributed by atoms with E-state index >= 15 is 0 Å². The fourth-order valence-corrected chi connectivity index (χ4v) is 2.68. The number of H-pyrrole nitrogens is 2. The molecule has 4 N–H and O–H groups in total. The normalized spacial score (nSPS) is 15.8. The van der Waals surface area contributed by atoms with E-state index in [0.717, 1.165) is 18.4 Å². The number of anilines is 1. The first kappa shape index (κ1) is 12.9. The van der Waals surface area contributed by atoms with E-state index < -0.39 is 0 Å². The molecule has 1 amide bonds. The Morgan fingerprint density at radius 2 is 1.95 bits per heavy atom. The zero-order chi connectivity index (χ0) is 13.9. The van der Waals surface area contributed by atoms with Crippen molar-refractivity contribution in [3.63, 3.8) is 0 Å². The van der Waals surface area contributed by atoms with Gasteiger partial charge in [-0.2, -0.15) is 0 Å². The molecule has 0 atom stereocenters. The van der Waals surface area contributed by atoms with E-state index in [2.05, 4.69) is 20.6 Å². The highest BCUT2D eigenvalue weighted by atomic mass is 16.2. The van der Waals surface area contributed by atoms with Gasteiger partial charge in [-0.05, 0) is 31.0 Å². The van der Waals surface area contributed by atoms with Gasteiger partial charge in [0.15, 0.2) is 0 Å². The Morgan fingerprint density at radius 3 is 2.75 bits per heavy atom. The smallest absolute Gasteiger partial charge is 0.323 e. The lowest BCUT2D eigenvalue weighted by Gasteiger charge is -2.11. The second-order valence-corrected chi connectivity index (χ2v) is 5.25. The summed E-state index contributed by atoms with van der Waals surface area (Å²) in [4.78, 5) is 28.4. The van der Waals surface area contributed by atoms with E-state index in [9.17, 15) is 9.59 Å². The first-order valence-corrected chi connectivity index (χ1v) is 6.96. The SMILES string of the molecule is O=C(CNC1CCCC1)Nc1ccc2[nH]c(=O)[nH]c2c1. The molecule has 0 bridgehead atoms. The minimum absolute atomic E-state index is 0.0610. The average Bonchev–Trinajstić information content (AvgIpc) is 3.04. The van der Waals surface area contributed by atoms with Gasteiger partial charge in [0.2, 0.25) is 5.91 Å². The van der Waals surface area contributed by atoms with Crippen LogP contribution in [-0.4, -0.2) is 28.5 Å². The Kier molecular flexibility index (Phi) is 3.56. The number of nitrogens with one attached hydrogen (secondary N) is 4. The van der Waals surface area contributed by atoms with Crippen molar-refractivity contribution in [1.29, 1.82) is 0 Å². The second kappa shape index (κ2) is 5.50. The number of aromatic nitrogens is 2. The van der Waals surface area contributed by atoms with Crippen LogP contribution in [0.2, 0.25) is 0 Å². The molecule has 0 unspecified atom stereocenters. The summed E-state index contributed by atoms with van der Waals surface area (Å²) in [5.41, 5.74) is 1.87. The van der Waals surface area contributed by atoms with Crippen LogP contribution < -0.4 is 16.3 Å². The average molecular weight is 274 g/mol. The van der Waals surface area contributed by atoms with Gasteiger partial charge in [0, 0.05) is 11.7 Å². The molecule has 0 aliphatic heterocycles. The summed E-state index contributed by atoms with van der Waals surface area (Å²) in [6.07, 6.45) is 4.81. The van der Waals surface area contributed by atoms with E-state index in [1.807, 2.05) is 0 Å². The number of imidazole rings is 1. The zero-order valence-electron chi connectivity index (χ0n) is 11.2. The first-order chi connectivity index (χ1) is 9.70. The van der Waals surface area contributed by atoms with E-state index in [0.29, 0.717) is 23.8 Å². The molecule has 1 aromatic carbocycles. The molecule has 2 aromatic rings. The van der Waals surface area contributed by atoms with Gasteiger partial charge in [0.25, 0.3) is 0 Å². The van der Waals surface area contributed by atoms with Gasteiger partial charge in [-0.1, -0.05) is 12.8 Å². The van der Waals surface area contributed by atoms with Gasteiger partial charge in [0.1, 0.15) is 0 Å². The molecule has 20 heavy (non-hydrogen) atoms. The summed E-state index contributed by atoms with van der Waals surface area (Å²) < 4.78 is 0. The molecule has 6 nitrogen and oxygen atoms in total. The van der Waals surface area contributed by atoms with Gasteiger partial charge >= 0.3 is 5.69 Å². The van der Waals surface area contributed by atoms with Crippen LogP contribution in [0.4, 0.5) is 5.69 Å². The predicted molar refractivity (Wildman–Crippen MR) is 77.8 cm³/mol. The molecule has 3 rings (SSSR count). The molecule has 0 spiro atoms.